The van der Waals surface area contributed by atoms with Crippen LogP contribution in [0, 0.1) is 11.8 Å². The molecule has 0 spiro atoms. The van der Waals surface area contributed by atoms with Crippen LogP contribution in [0.5, 0.6) is 0 Å². The molecule has 1 heterocycles. The molecule has 0 saturated carbocycles. The van der Waals surface area contributed by atoms with Crippen molar-refractivity contribution >= 4 is 0 Å². The van der Waals surface area contributed by atoms with Gasteiger partial charge in [0.05, 0.1) is 12.1 Å². The van der Waals surface area contributed by atoms with E-state index in [1.807, 2.05) is 0 Å². The second-order valence-corrected chi connectivity index (χ2v) is 6.66. The highest BCUT2D eigenvalue weighted by molar-refractivity contribution is 4.89. The Bertz CT molecular complexity index is 222. The molecular weight excluding hydrogens is 212 g/mol. The molecule has 3 heteroatoms. The Hall–Kier alpha value is -0.120. The van der Waals surface area contributed by atoms with Gasteiger partial charge >= 0.3 is 0 Å². The molecule has 0 radical (unpaired) electrons. The summed E-state index contributed by atoms with van der Waals surface area (Å²) in [4.78, 5) is 2.50. The lowest BCUT2D eigenvalue weighted by Gasteiger charge is -2.41. The van der Waals surface area contributed by atoms with Gasteiger partial charge in [-0.25, -0.2) is 0 Å². The highest BCUT2D eigenvalue weighted by atomic mass is 16.3. The summed E-state index contributed by atoms with van der Waals surface area (Å²) in [5, 5.41) is 13.1. The fraction of sp³-hybridized carbons (Fsp3) is 1.00. The molecule has 1 saturated heterocycles. The predicted molar refractivity (Wildman–Crippen MR) is 73.1 cm³/mol. The van der Waals surface area contributed by atoms with Gasteiger partial charge in [0.1, 0.15) is 0 Å². The van der Waals surface area contributed by atoms with Gasteiger partial charge in [-0.3, -0.25) is 0 Å². The number of aliphatic hydroxyl groups is 1. The molecule has 17 heavy (non-hydrogen) atoms. The van der Waals surface area contributed by atoms with E-state index < -0.39 is 0 Å². The summed E-state index contributed by atoms with van der Waals surface area (Å²) in [7, 11) is 0. The van der Waals surface area contributed by atoms with E-state index in [0.29, 0.717) is 6.04 Å². The van der Waals surface area contributed by atoms with Gasteiger partial charge in [0.25, 0.3) is 0 Å². The first-order valence-corrected chi connectivity index (χ1v) is 6.95. The van der Waals surface area contributed by atoms with Crippen LogP contribution in [0.2, 0.25) is 0 Å². The van der Waals surface area contributed by atoms with E-state index in [-0.39, 0.29) is 12.1 Å². The Morgan fingerprint density at radius 1 is 1.29 bits per heavy atom. The smallest absolute Gasteiger partial charge is 0.0623 e. The molecule has 1 fully saturated rings. The molecule has 1 rings (SSSR count). The van der Waals surface area contributed by atoms with Crippen LogP contribution in [-0.4, -0.2) is 47.8 Å². The first-order chi connectivity index (χ1) is 7.84. The van der Waals surface area contributed by atoms with E-state index in [2.05, 4.69) is 44.8 Å². The summed E-state index contributed by atoms with van der Waals surface area (Å²) in [6.07, 6.45) is 1.34. The molecule has 3 atom stereocenters. The Morgan fingerprint density at radius 2 is 1.82 bits per heavy atom. The average Bonchev–Trinajstić information content (AvgIpc) is 2.14. The molecule has 3 nitrogen and oxygen atoms in total. The fourth-order valence-electron chi connectivity index (χ4n) is 3.25. The van der Waals surface area contributed by atoms with Gasteiger partial charge in [-0.15, -0.1) is 0 Å². The molecule has 0 bridgehead atoms. The molecule has 0 aromatic rings. The second-order valence-electron chi connectivity index (χ2n) is 6.66. The van der Waals surface area contributed by atoms with Crippen LogP contribution in [0.15, 0.2) is 0 Å². The third-order valence-electron chi connectivity index (χ3n) is 3.50. The van der Waals surface area contributed by atoms with E-state index in [0.717, 1.165) is 18.4 Å². The van der Waals surface area contributed by atoms with Gasteiger partial charge < -0.3 is 15.3 Å². The standard InChI is InChI=1S/C14H30N2O/c1-11(2)15-14(5,10-17)9-16-7-12(3)6-13(4)8-16/h11-13,15,17H,6-10H2,1-5H3. The lowest BCUT2D eigenvalue weighted by atomic mass is 9.90. The molecule has 1 aliphatic heterocycles. The topological polar surface area (TPSA) is 35.5 Å². The van der Waals surface area contributed by atoms with Crippen LogP contribution in [0.1, 0.15) is 41.0 Å². The first-order valence-electron chi connectivity index (χ1n) is 6.95. The van der Waals surface area contributed by atoms with Gasteiger partial charge in [0.15, 0.2) is 0 Å². The molecule has 0 amide bonds. The van der Waals surface area contributed by atoms with Crippen LogP contribution < -0.4 is 5.32 Å². The zero-order valence-corrected chi connectivity index (χ0v) is 12.2. The molecule has 0 aliphatic carbocycles. The predicted octanol–water partition coefficient (Wildman–Crippen LogP) is 1.71. The van der Waals surface area contributed by atoms with Crippen LogP contribution in [0.25, 0.3) is 0 Å². The summed E-state index contributed by atoms with van der Waals surface area (Å²) >= 11 is 0. The van der Waals surface area contributed by atoms with Crippen molar-refractivity contribution < 1.29 is 5.11 Å². The average molecular weight is 242 g/mol. The summed E-state index contributed by atoms with van der Waals surface area (Å²) in [5.41, 5.74) is -0.176. The number of piperidine rings is 1. The van der Waals surface area contributed by atoms with Crippen molar-refractivity contribution in [3.05, 3.63) is 0 Å². The van der Waals surface area contributed by atoms with Gasteiger partial charge in [0, 0.05) is 25.7 Å². The van der Waals surface area contributed by atoms with Crippen molar-refractivity contribution in [1.82, 2.24) is 10.2 Å². The molecule has 0 aromatic heterocycles. The van der Waals surface area contributed by atoms with Crippen molar-refractivity contribution in [3.63, 3.8) is 0 Å². The van der Waals surface area contributed by atoms with Crippen LogP contribution in [0.3, 0.4) is 0 Å². The molecule has 1 aliphatic rings. The van der Waals surface area contributed by atoms with E-state index in [1.54, 1.807) is 0 Å². The Balaban J connectivity index is 2.55. The summed E-state index contributed by atoms with van der Waals surface area (Å²) in [6.45, 7) is 14.5. The first kappa shape index (κ1) is 14.9. The Kier molecular flexibility index (Phi) is 5.42. The van der Waals surface area contributed by atoms with Gasteiger partial charge in [-0.1, -0.05) is 27.7 Å². The fourth-order valence-corrected chi connectivity index (χ4v) is 3.25. The van der Waals surface area contributed by atoms with Gasteiger partial charge in [-0.05, 0) is 25.2 Å². The number of likely N-dealkylation sites (tertiary alicyclic amines) is 1. The number of hydrogen-bond acceptors (Lipinski definition) is 3. The van der Waals surface area contributed by atoms with Crippen LogP contribution >= 0.6 is 0 Å². The SMILES string of the molecule is CC1CC(C)CN(CC(C)(CO)NC(C)C)C1. The number of nitrogens with zero attached hydrogens (tertiary/aromatic N) is 1. The molecule has 3 unspecified atom stereocenters. The number of hydrogen-bond donors (Lipinski definition) is 2. The zero-order chi connectivity index (χ0) is 13.1. The maximum absolute atomic E-state index is 9.61. The van der Waals surface area contributed by atoms with Crippen molar-refractivity contribution in [3.8, 4) is 0 Å². The normalized spacial score (nSPS) is 30.5. The monoisotopic (exact) mass is 242 g/mol. The maximum Gasteiger partial charge on any atom is 0.0623 e. The van der Waals surface area contributed by atoms with Crippen molar-refractivity contribution in [2.45, 2.75) is 52.6 Å². The third kappa shape index (κ3) is 4.94. The quantitative estimate of drug-likeness (QED) is 0.770. The van der Waals surface area contributed by atoms with E-state index in [9.17, 15) is 5.11 Å². The minimum atomic E-state index is -0.176. The van der Waals surface area contributed by atoms with Crippen LogP contribution in [0.4, 0.5) is 0 Å². The van der Waals surface area contributed by atoms with Gasteiger partial charge in [0.2, 0.25) is 0 Å². The van der Waals surface area contributed by atoms with Crippen molar-refractivity contribution in [2.75, 3.05) is 26.2 Å². The number of nitrogens with one attached hydrogen (secondary N) is 1. The van der Waals surface area contributed by atoms with Crippen molar-refractivity contribution in [2.24, 2.45) is 11.8 Å². The van der Waals surface area contributed by atoms with E-state index >= 15 is 0 Å². The lowest BCUT2D eigenvalue weighted by Crippen LogP contribution is -2.58. The largest absolute Gasteiger partial charge is 0.394 e. The summed E-state index contributed by atoms with van der Waals surface area (Å²) in [5.74, 6) is 1.56. The molecule has 2 N–H and O–H groups in total. The second kappa shape index (κ2) is 6.17. The summed E-state index contributed by atoms with van der Waals surface area (Å²) in [6, 6.07) is 0.409. The summed E-state index contributed by atoms with van der Waals surface area (Å²) < 4.78 is 0. The Labute approximate surface area is 107 Å². The lowest BCUT2D eigenvalue weighted by molar-refractivity contribution is 0.0724. The minimum Gasteiger partial charge on any atom is -0.394 e. The van der Waals surface area contributed by atoms with Crippen LogP contribution in [-0.2, 0) is 0 Å². The van der Waals surface area contributed by atoms with E-state index in [4.69, 9.17) is 0 Å². The zero-order valence-electron chi connectivity index (χ0n) is 12.2. The minimum absolute atomic E-state index is 0.176. The van der Waals surface area contributed by atoms with Crippen molar-refractivity contribution in [1.29, 1.82) is 0 Å². The molecule has 102 valence electrons. The highest BCUT2D eigenvalue weighted by Gasteiger charge is 2.30. The Morgan fingerprint density at radius 3 is 2.24 bits per heavy atom. The molecular formula is C14H30N2O. The van der Waals surface area contributed by atoms with Gasteiger partial charge in [-0.2, -0.15) is 0 Å². The van der Waals surface area contributed by atoms with E-state index in [1.165, 1.54) is 19.5 Å². The highest BCUT2D eigenvalue weighted by Crippen LogP contribution is 2.22. The molecule has 0 aromatic carbocycles. The number of aliphatic hydroxyl groups excluding tert-OH is 1. The number of rotatable bonds is 5. The maximum atomic E-state index is 9.61. The third-order valence-corrected chi connectivity index (χ3v) is 3.50.